The Kier molecular flexibility index (Phi) is 5.89. The van der Waals surface area contributed by atoms with Crippen molar-refractivity contribution in [3.05, 3.63) is 35.6 Å². The van der Waals surface area contributed by atoms with Crippen molar-refractivity contribution in [3.63, 3.8) is 0 Å². The monoisotopic (exact) mass is 309 g/mol. The molecular formula is C16H20FNO4. The highest BCUT2D eigenvalue weighted by molar-refractivity contribution is 5.79. The molecule has 2 N–H and O–H groups in total. The normalized spacial score (nSPS) is 17.0. The Hall–Kier alpha value is -1.95. The first kappa shape index (κ1) is 16.4. The number of benzene rings is 1. The number of ether oxygens (including phenoxy) is 1. The average molecular weight is 309 g/mol. The molecule has 0 saturated carbocycles. The maximum atomic E-state index is 12.8. The van der Waals surface area contributed by atoms with Crippen molar-refractivity contribution in [2.75, 3.05) is 19.8 Å². The van der Waals surface area contributed by atoms with Crippen molar-refractivity contribution in [1.29, 1.82) is 0 Å². The zero-order chi connectivity index (χ0) is 15.9. The average Bonchev–Trinajstić information content (AvgIpc) is 2.50. The van der Waals surface area contributed by atoms with Gasteiger partial charge in [-0.25, -0.2) is 4.39 Å². The molecule has 1 aromatic rings. The van der Waals surface area contributed by atoms with Crippen LogP contribution in [0.4, 0.5) is 4.39 Å². The molecular weight excluding hydrogens is 289 g/mol. The lowest BCUT2D eigenvalue weighted by Gasteiger charge is -2.27. The Morgan fingerprint density at radius 1 is 1.27 bits per heavy atom. The predicted molar refractivity (Wildman–Crippen MR) is 77.8 cm³/mol. The van der Waals surface area contributed by atoms with Crippen molar-refractivity contribution < 1.29 is 23.8 Å². The molecule has 0 aromatic heterocycles. The molecule has 0 aliphatic carbocycles. The van der Waals surface area contributed by atoms with Gasteiger partial charge in [0.2, 0.25) is 5.91 Å². The summed E-state index contributed by atoms with van der Waals surface area (Å²) in [5, 5.41) is 12.0. The third-order valence-electron chi connectivity index (χ3n) is 3.95. The topological polar surface area (TPSA) is 75.6 Å². The highest BCUT2D eigenvalue weighted by Crippen LogP contribution is 2.23. The summed E-state index contributed by atoms with van der Waals surface area (Å²) in [6.45, 7) is 1.25. The lowest BCUT2D eigenvalue weighted by molar-refractivity contribution is -0.144. The maximum absolute atomic E-state index is 12.8. The summed E-state index contributed by atoms with van der Waals surface area (Å²) < 4.78 is 18.0. The maximum Gasteiger partial charge on any atom is 0.308 e. The molecule has 5 nitrogen and oxygen atoms in total. The summed E-state index contributed by atoms with van der Waals surface area (Å²) in [4.78, 5) is 23.3. The number of aliphatic carboxylic acids is 1. The number of rotatable bonds is 6. The lowest BCUT2D eigenvalue weighted by Crippen LogP contribution is -2.39. The largest absolute Gasteiger partial charge is 0.481 e. The van der Waals surface area contributed by atoms with Gasteiger partial charge in [-0.3, -0.25) is 9.59 Å². The van der Waals surface area contributed by atoms with E-state index in [4.69, 9.17) is 4.74 Å². The van der Waals surface area contributed by atoms with Crippen LogP contribution in [-0.4, -0.2) is 36.7 Å². The fourth-order valence-electron chi connectivity index (χ4n) is 2.65. The van der Waals surface area contributed by atoms with Gasteiger partial charge in [0, 0.05) is 19.8 Å². The van der Waals surface area contributed by atoms with E-state index in [9.17, 15) is 19.1 Å². The van der Waals surface area contributed by atoms with Gasteiger partial charge < -0.3 is 15.2 Å². The molecule has 22 heavy (non-hydrogen) atoms. The fourth-order valence-corrected chi connectivity index (χ4v) is 2.65. The van der Waals surface area contributed by atoms with Gasteiger partial charge in [0.15, 0.2) is 0 Å². The minimum absolute atomic E-state index is 0.0253. The van der Waals surface area contributed by atoms with Crippen LogP contribution >= 0.6 is 0 Å². The third-order valence-corrected chi connectivity index (χ3v) is 3.95. The quantitative estimate of drug-likeness (QED) is 0.837. The van der Waals surface area contributed by atoms with Crippen LogP contribution in [0.25, 0.3) is 0 Å². The molecule has 1 unspecified atom stereocenters. The van der Waals surface area contributed by atoms with Crippen LogP contribution in [0.1, 0.15) is 18.4 Å². The summed E-state index contributed by atoms with van der Waals surface area (Å²) in [7, 11) is 0. The SMILES string of the molecule is O=C(Cc1ccc(F)cc1)NCC(C(=O)O)C1CCOCC1. The van der Waals surface area contributed by atoms with Gasteiger partial charge in [-0.1, -0.05) is 12.1 Å². The third kappa shape index (κ3) is 4.80. The molecule has 120 valence electrons. The number of carboxylic acids is 1. The van der Waals surface area contributed by atoms with Gasteiger partial charge in [0.25, 0.3) is 0 Å². The van der Waals surface area contributed by atoms with Crippen LogP contribution in [0.15, 0.2) is 24.3 Å². The van der Waals surface area contributed by atoms with Crippen molar-refractivity contribution in [3.8, 4) is 0 Å². The number of amides is 1. The molecule has 1 saturated heterocycles. The fraction of sp³-hybridized carbons (Fsp3) is 0.500. The van der Waals surface area contributed by atoms with E-state index in [-0.39, 0.29) is 30.6 Å². The van der Waals surface area contributed by atoms with Gasteiger partial charge in [-0.05, 0) is 36.5 Å². The standard InChI is InChI=1S/C16H20FNO4/c17-13-3-1-11(2-4-13)9-15(19)18-10-14(16(20)21)12-5-7-22-8-6-12/h1-4,12,14H,5-10H2,(H,18,19)(H,20,21). The summed E-state index contributed by atoms with van der Waals surface area (Å²) in [5.41, 5.74) is 0.692. The first-order chi connectivity index (χ1) is 10.6. The number of halogens is 1. The van der Waals surface area contributed by atoms with Gasteiger partial charge >= 0.3 is 5.97 Å². The zero-order valence-corrected chi connectivity index (χ0v) is 12.3. The highest BCUT2D eigenvalue weighted by Gasteiger charge is 2.29. The molecule has 1 aromatic carbocycles. The van der Waals surface area contributed by atoms with Crippen LogP contribution in [0, 0.1) is 17.7 Å². The Bertz CT molecular complexity index is 511. The van der Waals surface area contributed by atoms with E-state index in [2.05, 4.69) is 5.32 Å². The number of nitrogens with one attached hydrogen (secondary N) is 1. The molecule has 0 radical (unpaired) electrons. The van der Waals surface area contributed by atoms with E-state index >= 15 is 0 Å². The van der Waals surface area contributed by atoms with Gasteiger partial charge in [0.1, 0.15) is 5.82 Å². The van der Waals surface area contributed by atoms with Crippen molar-refractivity contribution >= 4 is 11.9 Å². The van der Waals surface area contributed by atoms with E-state index in [0.29, 0.717) is 31.6 Å². The Balaban J connectivity index is 1.84. The van der Waals surface area contributed by atoms with E-state index in [1.807, 2.05) is 0 Å². The zero-order valence-electron chi connectivity index (χ0n) is 12.3. The van der Waals surface area contributed by atoms with Crippen LogP contribution in [0.2, 0.25) is 0 Å². The first-order valence-electron chi connectivity index (χ1n) is 7.38. The van der Waals surface area contributed by atoms with E-state index < -0.39 is 11.9 Å². The molecule has 1 heterocycles. The second kappa shape index (κ2) is 7.89. The van der Waals surface area contributed by atoms with Gasteiger partial charge in [-0.15, -0.1) is 0 Å². The van der Waals surface area contributed by atoms with Gasteiger partial charge in [-0.2, -0.15) is 0 Å². The molecule has 1 aliphatic heterocycles. The number of carbonyl (C=O) groups excluding carboxylic acids is 1. The molecule has 6 heteroatoms. The van der Waals surface area contributed by atoms with Crippen LogP contribution in [0.3, 0.4) is 0 Å². The van der Waals surface area contributed by atoms with Crippen LogP contribution < -0.4 is 5.32 Å². The predicted octanol–water partition coefficient (Wildman–Crippen LogP) is 1.61. The van der Waals surface area contributed by atoms with Crippen LogP contribution in [-0.2, 0) is 20.7 Å². The van der Waals surface area contributed by atoms with Crippen molar-refractivity contribution in [2.45, 2.75) is 19.3 Å². The lowest BCUT2D eigenvalue weighted by atomic mass is 9.86. The van der Waals surface area contributed by atoms with Crippen molar-refractivity contribution in [2.24, 2.45) is 11.8 Å². The number of hydrogen-bond donors (Lipinski definition) is 2. The molecule has 1 fully saturated rings. The summed E-state index contributed by atoms with van der Waals surface area (Å²) >= 11 is 0. The smallest absolute Gasteiger partial charge is 0.308 e. The Morgan fingerprint density at radius 3 is 2.50 bits per heavy atom. The minimum Gasteiger partial charge on any atom is -0.481 e. The Labute approximate surface area is 128 Å². The first-order valence-corrected chi connectivity index (χ1v) is 7.38. The number of hydrogen-bond acceptors (Lipinski definition) is 3. The molecule has 1 aliphatic rings. The number of carboxylic acid groups (broad SMARTS) is 1. The second-order valence-electron chi connectivity index (χ2n) is 5.50. The summed E-state index contributed by atoms with van der Waals surface area (Å²) in [6.07, 6.45) is 1.51. The molecule has 0 bridgehead atoms. The Morgan fingerprint density at radius 2 is 1.91 bits per heavy atom. The van der Waals surface area contributed by atoms with E-state index in [1.165, 1.54) is 12.1 Å². The molecule has 2 rings (SSSR count). The van der Waals surface area contributed by atoms with E-state index in [1.54, 1.807) is 12.1 Å². The summed E-state index contributed by atoms with van der Waals surface area (Å²) in [5.74, 6) is -2.08. The molecule has 0 spiro atoms. The summed E-state index contributed by atoms with van der Waals surface area (Å²) in [6, 6.07) is 5.68. The minimum atomic E-state index is -0.894. The van der Waals surface area contributed by atoms with Crippen molar-refractivity contribution in [1.82, 2.24) is 5.32 Å². The van der Waals surface area contributed by atoms with Gasteiger partial charge in [0.05, 0.1) is 12.3 Å². The molecule has 1 atom stereocenters. The second-order valence-corrected chi connectivity index (χ2v) is 5.50. The van der Waals surface area contributed by atoms with Crippen LogP contribution in [0.5, 0.6) is 0 Å². The number of carbonyl (C=O) groups is 2. The molecule has 1 amide bonds. The van der Waals surface area contributed by atoms with E-state index in [0.717, 1.165) is 0 Å². The highest BCUT2D eigenvalue weighted by atomic mass is 19.1.